The predicted molar refractivity (Wildman–Crippen MR) is 88.1 cm³/mol. The minimum Gasteiger partial charge on any atom is -0.347 e. The molecule has 0 aliphatic carbocycles. The first-order valence-electron chi connectivity index (χ1n) is 8.07. The van der Waals surface area contributed by atoms with E-state index in [-0.39, 0.29) is 23.8 Å². The summed E-state index contributed by atoms with van der Waals surface area (Å²) >= 11 is 0. The van der Waals surface area contributed by atoms with Gasteiger partial charge in [0.05, 0.1) is 12.2 Å². The van der Waals surface area contributed by atoms with Crippen LogP contribution in [0.25, 0.3) is 0 Å². The first-order chi connectivity index (χ1) is 11.5. The summed E-state index contributed by atoms with van der Waals surface area (Å²) in [6.07, 6.45) is 1.64. The van der Waals surface area contributed by atoms with Crippen LogP contribution in [-0.2, 0) is 11.3 Å². The molecule has 7 heteroatoms. The van der Waals surface area contributed by atoms with E-state index in [1.54, 1.807) is 15.8 Å². The van der Waals surface area contributed by atoms with E-state index < -0.39 is 0 Å². The molecule has 1 fully saturated rings. The van der Waals surface area contributed by atoms with E-state index in [1.807, 2.05) is 44.2 Å². The molecule has 1 aromatic carbocycles. The zero-order valence-corrected chi connectivity index (χ0v) is 13.8. The van der Waals surface area contributed by atoms with Gasteiger partial charge in [0.25, 0.3) is 5.91 Å². The predicted octanol–water partition coefficient (Wildman–Crippen LogP) is 1.25. The molecule has 0 bridgehead atoms. The highest BCUT2D eigenvalue weighted by atomic mass is 16.2. The summed E-state index contributed by atoms with van der Waals surface area (Å²) in [6.45, 7) is 5.46. The van der Waals surface area contributed by atoms with Crippen molar-refractivity contribution in [1.29, 1.82) is 0 Å². The minimum absolute atomic E-state index is 0.000946. The molecule has 1 aliphatic rings. The Kier molecular flexibility index (Phi) is 4.59. The standard InChI is InChI=1S/C17H21N5O2/c1-12(2)17(24)21-9-14(10-21)22-11-15(19-20-22)16(23)18-8-13-6-4-3-5-7-13/h3-7,11-12,14H,8-10H2,1-2H3,(H,18,23). The van der Waals surface area contributed by atoms with Crippen molar-refractivity contribution in [3.8, 4) is 0 Å². The van der Waals surface area contributed by atoms with Gasteiger partial charge in [-0.3, -0.25) is 9.59 Å². The fourth-order valence-corrected chi connectivity index (χ4v) is 2.60. The second kappa shape index (κ2) is 6.82. The molecule has 1 saturated heterocycles. The number of aromatic nitrogens is 3. The van der Waals surface area contributed by atoms with Gasteiger partial charge in [-0.05, 0) is 5.56 Å². The van der Waals surface area contributed by atoms with Gasteiger partial charge in [0.1, 0.15) is 0 Å². The highest BCUT2D eigenvalue weighted by molar-refractivity contribution is 5.91. The number of hydrogen-bond acceptors (Lipinski definition) is 4. The zero-order valence-electron chi connectivity index (χ0n) is 13.8. The van der Waals surface area contributed by atoms with Crippen LogP contribution in [0.4, 0.5) is 0 Å². The van der Waals surface area contributed by atoms with Crippen molar-refractivity contribution < 1.29 is 9.59 Å². The van der Waals surface area contributed by atoms with Gasteiger partial charge in [-0.25, -0.2) is 4.68 Å². The Labute approximate surface area is 140 Å². The molecular weight excluding hydrogens is 306 g/mol. The third-order valence-corrected chi connectivity index (χ3v) is 4.08. The Balaban J connectivity index is 1.52. The molecule has 0 radical (unpaired) electrons. The fourth-order valence-electron chi connectivity index (χ4n) is 2.60. The molecule has 0 saturated carbocycles. The van der Waals surface area contributed by atoms with Crippen LogP contribution in [0.1, 0.15) is 35.9 Å². The van der Waals surface area contributed by atoms with Crippen molar-refractivity contribution in [2.45, 2.75) is 26.4 Å². The molecule has 0 spiro atoms. The Bertz CT molecular complexity index is 720. The van der Waals surface area contributed by atoms with E-state index in [0.717, 1.165) is 5.56 Å². The Morgan fingerprint density at radius 2 is 1.96 bits per heavy atom. The van der Waals surface area contributed by atoms with E-state index in [9.17, 15) is 9.59 Å². The van der Waals surface area contributed by atoms with Gasteiger partial charge in [-0.1, -0.05) is 49.4 Å². The van der Waals surface area contributed by atoms with Gasteiger partial charge in [0, 0.05) is 25.6 Å². The largest absolute Gasteiger partial charge is 0.347 e. The maximum Gasteiger partial charge on any atom is 0.273 e. The lowest BCUT2D eigenvalue weighted by Crippen LogP contribution is -2.52. The van der Waals surface area contributed by atoms with Gasteiger partial charge < -0.3 is 10.2 Å². The number of carbonyl (C=O) groups excluding carboxylic acids is 2. The molecule has 3 rings (SSSR count). The number of amides is 2. The van der Waals surface area contributed by atoms with E-state index in [0.29, 0.717) is 25.3 Å². The molecule has 0 atom stereocenters. The van der Waals surface area contributed by atoms with Gasteiger partial charge in [0.2, 0.25) is 5.91 Å². The van der Waals surface area contributed by atoms with Crippen molar-refractivity contribution >= 4 is 11.8 Å². The number of rotatable bonds is 5. The molecule has 2 aromatic rings. The molecule has 1 N–H and O–H groups in total. The topological polar surface area (TPSA) is 80.1 Å². The van der Waals surface area contributed by atoms with Gasteiger partial charge >= 0.3 is 0 Å². The van der Waals surface area contributed by atoms with Gasteiger partial charge in [0.15, 0.2) is 5.69 Å². The molecule has 7 nitrogen and oxygen atoms in total. The van der Waals surface area contributed by atoms with Crippen molar-refractivity contribution in [2.75, 3.05) is 13.1 Å². The molecule has 0 unspecified atom stereocenters. The van der Waals surface area contributed by atoms with E-state index in [2.05, 4.69) is 15.6 Å². The third-order valence-electron chi connectivity index (χ3n) is 4.08. The normalized spacial score (nSPS) is 14.5. The first-order valence-corrected chi connectivity index (χ1v) is 8.07. The van der Waals surface area contributed by atoms with Crippen molar-refractivity contribution in [3.63, 3.8) is 0 Å². The lowest BCUT2D eigenvalue weighted by Gasteiger charge is -2.39. The summed E-state index contributed by atoms with van der Waals surface area (Å²) in [5, 5.41) is 10.8. The summed E-state index contributed by atoms with van der Waals surface area (Å²) in [4.78, 5) is 25.8. The van der Waals surface area contributed by atoms with Gasteiger partial charge in [-0.2, -0.15) is 0 Å². The highest BCUT2D eigenvalue weighted by Gasteiger charge is 2.33. The smallest absolute Gasteiger partial charge is 0.273 e. The highest BCUT2D eigenvalue weighted by Crippen LogP contribution is 2.22. The quantitative estimate of drug-likeness (QED) is 0.896. The fraction of sp³-hybridized carbons (Fsp3) is 0.412. The average Bonchev–Trinajstić information content (AvgIpc) is 3.01. The summed E-state index contributed by atoms with van der Waals surface area (Å²) in [6, 6.07) is 9.79. The summed E-state index contributed by atoms with van der Waals surface area (Å²) in [5.74, 6) is -0.104. The first kappa shape index (κ1) is 16.2. The van der Waals surface area contributed by atoms with Crippen molar-refractivity contribution in [2.24, 2.45) is 5.92 Å². The maximum absolute atomic E-state index is 12.1. The van der Waals surface area contributed by atoms with Crippen LogP contribution in [0.2, 0.25) is 0 Å². The van der Waals surface area contributed by atoms with Crippen LogP contribution in [0.15, 0.2) is 36.5 Å². The Hall–Kier alpha value is -2.70. The number of nitrogens with zero attached hydrogens (tertiary/aromatic N) is 4. The molecule has 1 aromatic heterocycles. The molecule has 2 amide bonds. The monoisotopic (exact) mass is 327 g/mol. The lowest BCUT2D eigenvalue weighted by molar-refractivity contribution is -0.140. The third kappa shape index (κ3) is 3.45. The van der Waals surface area contributed by atoms with Crippen LogP contribution in [0.5, 0.6) is 0 Å². The Morgan fingerprint density at radius 3 is 2.62 bits per heavy atom. The molecule has 1 aliphatic heterocycles. The summed E-state index contributed by atoms with van der Waals surface area (Å²) in [7, 11) is 0. The zero-order chi connectivity index (χ0) is 17.1. The molecule has 2 heterocycles. The minimum atomic E-state index is -0.250. The average molecular weight is 327 g/mol. The molecular formula is C17H21N5O2. The lowest BCUT2D eigenvalue weighted by atomic mass is 10.1. The summed E-state index contributed by atoms with van der Waals surface area (Å²) in [5.41, 5.74) is 1.32. The molecule has 126 valence electrons. The van der Waals surface area contributed by atoms with Crippen LogP contribution >= 0.6 is 0 Å². The molecule has 24 heavy (non-hydrogen) atoms. The van der Waals surface area contributed by atoms with Crippen molar-refractivity contribution in [1.82, 2.24) is 25.2 Å². The SMILES string of the molecule is CC(C)C(=O)N1CC(n2cc(C(=O)NCc3ccccc3)nn2)C1. The second-order valence-electron chi connectivity index (χ2n) is 6.30. The number of nitrogens with one attached hydrogen (secondary N) is 1. The Morgan fingerprint density at radius 1 is 1.25 bits per heavy atom. The second-order valence-corrected chi connectivity index (χ2v) is 6.30. The van der Waals surface area contributed by atoms with E-state index in [4.69, 9.17) is 0 Å². The number of hydrogen-bond donors (Lipinski definition) is 1. The van der Waals surface area contributed by atoms with Crippen LogP contribution < -0.4 is 5.32 Å². The maximum atomic E-state index is 12.1. The number of likely N-dealkylation sites (tertiary alicyclic amines) is 1. The van der Waals surface area contributed by atoms with Crippen LogP contribution in [-0.4, -0.2) is 44.8 Å². The van der Waals surface area contributed by atoms with Gasteiger partial charge in [-0.15, -0.1) is 5.10 Å². The van der Waals surface area contributed by atoms with Crippen LogP contribution in [0, 0.1) is 5.92 Å². The number of benzene rings is 1. The number of carbonyl (C=O) groups is 2. The van der Waals surface area contributed by atoms with E-state index in [1.165, 1.54) is 0 Å². The summed E-state index contributed by atoms with van der Waals surface area (Å²) < 4.78 is 1.67. The van der Waals surface area contributed by atoms with Crippen LogP contribution in [0.3, 0.4) is 0 Å². The van der Waals surface area contributed by atoms with E-state index >= 15 is 0 Å². The van der Waals surface area contributed by atoms with Crippen molar-refractivity contribution in [3.05, 3.63) is 47.8 Å².